The Morgan fingerprint density at radius 2 is 1.93 bits per heavy atom. The van der Waals surface area contributed by atoms with Crippen LogP contribution in [0.4, 0.5) is 0 Å². The molecule has 2 nitrogen and oxygen atoms in total. The van der Waals surface area contributed by atoms with Crippen molar-refractivity contribution in [2.75, 3.05) is 13.1 Å². The third-order valence-electron chi connectivity index (χ3n) is 4.13. The summed E-state index contributed by atoms with van der Waals surface area (Å²) in [6.45, 7) is 7.26. The van der Waals surface area contributed by atoms with E-state index in [2.05, 4.69) is 18.7 Å². The zero-order valence-corrected chi connectivity index (χ0v) is 10.9. The smallest absolute Gasteiger partial charge is 0.0168 e. The van der Waals surface area contributed by atoms with E-state index in [1.54, 1.807) is 0 Å². The van der Waals surface area contributed by atoms with Crippen molar-refractivity contribution in [3.63, 3.8) is 0 Å². The van der Waals surface area contributed by atoms with E-state index in [1.807, 2.05) is 0 Å². The average molecular weight is 233 g/mol. The fourth-order valence-corrected chi connectivity index (χ4v) is 3.31. The van der Waals surface area contributed by atoms with E-state index in [-0.39, 0.29) is 12.4 Å². The van der Waals surface area contributed by atoms with Gasteiger partial charge in [0, 0.05) is 18.6 Å². The van der Waals surface area contributed by atoms with Gasteiger partial charge in [-0.25, -0.2) is 0 Å². The van der Waals surface area contributed by atoms with E-state index >= 15 is 0 Å². The van der Waals surface area contributed by atoms with Crippen molar-refractivity contribution in [1.29, 1.82) is 0 Å². The molecule has 0 radical (unpaired) electrons. The SMILES string of the molecule is CC1(C)CCCC1N1CCC[C@@H](N)C1.Cl. The van der Waals surface area contributed by atoms with E-state index < -0.39 is 0 Å². The molecule has 0 bridgehead atoms. The second-order valence-corrected chi connectivity index (χ2v) is 5.79. The molecule has 2 atom stereocenters. The molecule has 1 saturated carbocycles. The lowest BCUT2D eigenvalue weighted by Crippen LogP contribution is -2.50. The van der Waals surface area contributed by atoms with Gasteiger partial charge in [0.25, 0.3) is 0 Å². The van der Waals surface area contributed by atoms with Gasteiger partial charge < -0.3 is 5.73 Å². The van der Waals surface area contributed by atoms with Gasteiger partial charge in [-0.1, -0.05) is 20.3 Å². The maximum absolute atomic E-state index is 6.04. The van der Waals surface area contributed by atoms with Crippen LogP contribution in [0.2, 0.25) is 0 Å². The third kappa shape index (κ3) is 2.86. The van der Waals surface area contributed by atoms with Crippen LogP contribution in [0, 0.1) is 5.41 Å². The number of nitrogens with zero attached hydrogens (tertiary/aromatic N) is 1. The van der Waals surface area contributed by atoms with Crippen LogP contribution in [0.3, 0.4) is 0 Å². The van der Waals surface area contributed by atoms with Gasteiger partial charge in [0.2, 0.25) is 0 Å². The normalized spacial score (nSPS) is 36.2. The summed E-state index contributed by atoms with van der Waals surface area (Å²) in [7, 11) is 0. The fourth-order valence-electron chi connectivity index (χ4n) is 3.31. The molecule has 1 saturated heterocycles. The van der Waals surface area contributed by atoms with Gasteiger partial charge in [-0.2, -0.15) is 0 Å². The molecule has 1 unspecified atom stereocenters. The molecule has 2 aliphatic rings. The topological polar surface area (TPSA) is 29.3 Å². The minimum atomic E-state index is 0. The van der Waals surface area contributed by atoms with Crippen LogP contribution in [0.5, 0.6) is 0 Å². The van der Waals surface area contributed by atoms with Crippen molar-refractivity contribution in [3.8, 4) is 0 Å². The number of hydrogen-bond donors (Lipinski definition) is 1. The van der Waals surface area contributed by atoms with E-state index in [0.717, 1.165) is 12.6 Å². The zero-order chi connectivity index (χ0) is 10.2. The van der Waals surface area contributed by atoms with Gasteiger partial charge in [0.15, 0.2) is 0 Å². The van der Waals surface area contributed by atoms with Crippen LogP contribution < -0.4 is 5.73 Å². The van der Waals surface area contributed by atoms with Crippen molar-refractivity contribution in [1.82, 2.24) is 4.90 Å². The standard InChI is InChI=1S/C12H24N2.ClH/c1-12(2)7-3-6-11(12)14-8-4-5-10(13)9-14;/h10-11H,3-9,13H2,1-2H3;1H/t10-,11?;/m1./s1. The number of hydrogen-bond acceptors (Lipinski definition) is 2. The summed E-state index contributed by atoms with van der Waals surface area (Å²) < 4.78 is 0. The second-order valence-electron chi connectivity index (χ2n) is 5.79. The Morgan fingerprint density at radius 3 is 2.47 bits per heavy atom. The number of piperidine rings is 1. The van der Waals surface area contributed by atoms with E-state index in [0.29, 0.717) is 11.5 Å². The molecule has 1 heterocycles. The van der Waals surface area contributed by atoms with Crippen molar-refractivity contribution < 1.29 is 0 Å². The molecule has 90 valence electrons. The molecule has 1 aliphatic carbocycles. The highest BCUT2D eigenvalue weighted by Gasteiger charge is 2.39. The van der Waals surface area contributed by atoms with Crippen molar-refractivity contribution in [2.45, 2.75) is 58.0 Å². The largest absolute Gasteiger partial charge is 0.327 e. The maximum atomic E-state index is 6.04. The molecule has 15 heavy (non-hydrogen) atoms. The summed E-state index contributed by atoms with van der Waals surface area (Å²) in [5, 5.41) is 0. The Hall–Kier alpha value is 0.210. The average Bonchev–Trinajstić information content (AvgIpc) is 2.45. The Morgan fingerprint density at radius 1 is 1.20 bits per heavy atom. The molecule has 0 aromatic rings. The molecule has 0 amide bonds. The first-order valence-electron chi connectivity index (χ1n) is 6.09. The van der Waals surface area contributed by atoms with Crippen LogP contribution in [-0.2, 0) is 0 Å². The lowest BCUT2D eigenvalue weighted by Gasteiger charge is -2.41. The van der Waals surface area contributed by atoms with Gasteiger partial charge in [-0.05, 0) is 37.6 Å². The quantitative estimate of drug-likeness (QED) is 0.753. The lowest BCUT2D eigenvalue weighted by atomic mass is 9.85. The summed E-state index contributed by atoms with van der Waals surface area (Å²) in [5.41, 5.74) is 6.56. The highest BCUT2D eigenvalue weighted by molar-refractivity contribution is 5.85. The summed E-state index contributed by atoms with van der Waals surface area (Å²) >= 11 is 0. The number of rotatable bonds is 1. The maximum Gasteiger partial charge on any atom is 0.0168 e. The van der Waals surface area contributed by atoms with E-state index in [4.69, 9.17) is 5.73 Å². The molecule has 1 aliphatic heterocycles. The summed E-state index contributed by atoms with van der Waals surface area (Å²) in [6.07, 6.45) is 6.71. The van der Waals surface area contributed by atoms with Gasteiger partial charge >= 0.3 is 0 Å². The molecule has 2 rings (SSSR count). The minimum absolute atomic E-state index is 0. The van der Waals surface area contributed by atoms with E-state index in [1.165, 1.54) is 38.6 Å². The van der Waals surface area contributed by atoms with Crippen molar-refractivity contribution in [2.24, 2.45) is 11.1 Å². The molecule has 3 heteroatoms. The highest BCUT2D eigenvalue weighted by atomic mass is 35.5. The van der Waals surface area contributed by atoms with Crippen LogP contribution in [-0.4, -0.2) is 30.1 Å². The molecule has 0 spiro atoms. The Balaban J connectivity index is 0.00000112. The summed E-state index contributed by atoms with van der Waals surface area (Å²) in [4.78, 5) is 2.65. The first-order valence-corrected chi connectivity index (χ1v) is 6.09. The molecule has 2 fully saturated rings. The summed E-state index contributed by atoms with van der Waals surface area (Å²) in [6, 6.07) is 1.23. The van der Waals surface area contributed by atoms with Crippen LogP contribution in [0.15, 0.2) is 0 Å². The summed E-state index contributed by atoms with van der Waals surface area (Å²) in [5.74, 6) is 0. The van der Waals surface area contributed by atoms with Gasteiger partial charge in [-0.3, -0.25) is 4.90 Å². The third-order valence-corrected chi connectivity index (χ3v) is 4.13. The molecule has 0 aromatic carbocycles. The molecular weight excluding hydrogens is 208 g/mol. The van der Waals surface area contributed by atoms with Crippen LogP contribution >= 0.6 is 12.4 Å². The van der Waals surface area contributed by atoms with Crippen LogP contribution in [0.1, 0.15) is 46.0 Å². The van der Waals surface area contributed by atoms with Gasteiger partial charge in [0.1, 0.15) is 0 Å². The number of nitrogens with two attached hydrogens (primary N) is 1. The lowest BCUT2D eigenvalue weighted by molar-refractivity contribution is 0.0846. The molecular formula is C12H25ClN2. The van der Waals surface area contributed by atoms with Crippen LogP contribution in [0.25, 0.3) is 0 Å². The second kappa shape index (κ2) is 5.03. The van der Waals surface area contributed by atoms with Gasteiger partial charge in [-0.15, -0.1) is 12.4 Å². The Kier molecular flexibility index (Phi) is 4.45. The van der Waals surface area contributed by atoms with E-state index in [9.17, 15) is 0 Å². The number of likely N-dealkylation sites (tertiary alicyclic amines) is 1. The van der Waals surface area contributed by atoms with Crippen molar-refractivity contribution >= 4 is 12.4 Å². The predicted molar refractivity (Wildman–Crippen MR) is 67.5 cm³/mol. The highest BCUT2D eigenvalue weighted by Crippen LogP contribution is 2.41. The van der Waals surface area contributed by atoms with Crippen molar-refractivity contribution in [3.05, 3.63) is 0 Å². The zero-order valence-electron chi connectivity index (χ0n) is 10.0. The first kappa shape index (κ1) is 13.3. The minimum Gasteiger partial charge on any atom is -0.327 e. The molecule has 0 aromatic heterocycles. The number of halogens is 1. The van der Waals surface area contributed by atoms with Gasteiger partial charge in [0.05, 0.1) is 0 Å². The monoisotopic (exact) mass is 232 g/mol. The Labute approximate surface area is 100.0 Å². The Bertz CT molecular complexity index is 206. The first-order chi connectivity index (χ1) is 6.59. The molecule has 2 N–H and O–H groups in total. The predicted octanol–water partition coefficient (Wildman–Crippen LogP) is 2.41. The fraction of sp³-hybridized carbons (Fsp3) is 1.00.